The molecule has 1 aromatic heterocycles. The summed E-state index contributed by atoms with van der Waals surface area (Å²) in [5.74, 6) is -0.699. The Morgan fingerprint density at radius 2 is 1.84 bits per heavy atom. The molecular formula is C19H20N2O3S. The maximum Gasteiger partial charge on any atom is 0.348 e. The number of ether oxygens (including phenoxy) is 1. The molecule has 0 unspecified atom stereocenters. The normalized spacial score (nSPS) is 10.2. The molecule has 0 aliphatic rings. The summed E-state index contributed by atoms with van der Waals surface area (Å²) in [6.07, 6.45) is 1.16. The van der Waals surface area contributed by atoms with Crippen LogP contribution in [0.4, 0.5) is 5.00 Å². The van der Waals surface area contributed by atoms with Crippen molar-refractivity contribution in [1.82, 2.24) is 0 Å². The monoisotopic (exact) mass is 356 g/mol. The first-order chi connectivity index (χ1) is 12.0. The molecule has 25 heavy (non-hydrogen) atoms. The third-order valence-electron chi connectivity index (χ3n) is 3.77. The van der Waals surface area contributed by atoms with Crippen molar-refractivity contribution in [3.05, 3.63) is 51.4 Å². The van der Waals surface area contributed by atoms with E-state index in [1.54, 1.807) is 13.8 Å². The second-order valence-corrected chi connectivity index (χ2v) is 6.51. The van der Waals surface area contributed by atoms with Gasteiger partial charge in [-0.15, -0.1) is 11.3 Å². The number of thiophene rings is 1. The first-order valence-electron chi connectivity index (χ1n) is 8.08. The predicted molar refractivity (Wildman–Crippen MR) is 97.9 cm³/mol. The second-order valence-electron chi connectivity index (χ2n) is 5.49. The van der Waals surface area contributed by atoms with Crippen LogP contribution in [0.5, 0.6) is 0 Å². The third kappa shape index (κ3) is 4.46. The van der Waals surface area contributed by atoms with Gasteiger partial charge in [-0.3, -0.25) is 4.79 Å². The maximum absolute atomic E-state index is 12.3. The van der Waals surface area contributed by atoms with Gasteiger partial charge in [0.05, 0.1) is 18.6 Å². The van der Waals surface area contributed by atoms with Crippen LogP contribution >= 0.6 is 11.3 Å². The molecule has 0 aliphatic carbocycles. The summed E-state index contributed by atoms with van der Waals surface area (Å²) in [6, 6.07) is 9.90. The summed E-state index contributed by atoms with van der Waals surface area (Å²) in [6.45, 7) is 5.73. The third-order valence-corrected chi connectivity index (χ3v) is 4.96. The molecule has 6 heteroatoms. The minimum absolute atomic E-state index is 0.209. The minimum Gasteiger partial charge on any atom is -0.462 e. The van der Waals surface area contributed by atoms with E-state index in [4.69, 9.17) is 4.74 Å². The van der Waals surface area contributed by atoms with Gasteiger partial charge in [-0.25, -0.2) is 4.79 Å². The number of anilines is 1. The van der Waals surface area contributed by atoms with Crippen molar-refractivity contribution >= 4 is 28.2 Å². The highest BCUT2D eigenvalue weighted by atomic mass is 32.1. The quantitative estimate of drug-likeness (QED) is 0.797. The zero-order valence-corrected chi connectivity index (χ0v) is 15.3. The Kier molecular flexibility index (Phi) is 6.31. The van der Waals surface area contributed by atoms with Crippen molar-refractivity contribution < 1.29 is 14.3 Å². The molecular weight excluding hydrogens is 336 g/mol. The number of rotatable bonds is 6. The van der Waals surface area contributed by atoms with E-state index in [1.165, 1.54) is 5.56 Å². The lowest BCUT2D eigenvalue weighted by Crippen LogP contribution is -2.14. The molecule has 130 valence electrons. The fourth-order valence-electron chi connectivity index (χ4n) is 2.38. The zero-order valence-electron chi connectivity index (χ0n) is 14.5. The number of nitriles is 1. The summed E-state index contributed by atoms with van der Waals surface area (Å²) in [7, 11) is 0. The van der Waals surface area contributed by atoms with Gasteiger partial charge in [-0.1, -0.05) is 31.2 Å². The Balaban J connectivity index is 2.15. The summed E-state index contributed by atoms with van der Waals surface area (Å²) >= 11 is 1.07. The number of benzene rings is 1. The fourth-order valence-corrected chi connectivity index (χ4v) is 3.44. The minimum atomic E-state index is -0.475. The van der Waals surface area contributed by atoms with E-state index in [0.29, 0.717) is 21.0 Å². The molecule has 0 radical (unpaired) electrons. The van der Waals surface area contributed by atoms with Crippen LogP contribution in [0.1, 0.15) is 45.8 Å². The molecule has 0 atom stereocenters. The second kappa shape index (κ2) is 8.45. The van der Waals surface area contributed by atoms with Crippen molar-refractivity contribution in [3.63, 3.8) is 0 Å². The number of amides is 1. The van der Waals surface area contributed by atoms with E-state index in [2.05, 4.69) is 18.3 Å². The maximum atomic E-state index is 12.3. The van der Waals surface area contributed by atoms with Crippen molar-refractivity contribution in [1.29, 1.82) is 5.26 Å². The summed E-state index contributed by atoms with van der Waals surface area (Å²) in [5, 5.41) is 12.5. The van der Waals surface area contributed by atoms with E-state index in [-0.39, 0.29) is 18.9 Å². The smallest absolute Gasteiger partial charge is 0.348 e. The Labute approximate surface area is 151 Å². The van der Waals surface area contributed by atoms with Crippen molar-refractivity contribution in [2.24, 2.45) is 0 Å². The van der Waals surface area contributed by atoms with Gasteiger partial charge in [0, 0.05) is 0 Å². The van der Waals surface area contributed by atoms with E-state index in [1.807, 2.05) is 24.3 Å². The molecule has 2 rings (SSSR count). The van der Waals surface area contributed by atoms with Gasteiger partial charge in [-0.2, -0.15) is 5.26 Å². The van der Waals surface area contributed by atoms with Crippen LogP contribution in [0.15, 0.2) is 24.3 Å². The van der Waals surface area contributed by atoms with Gasteiger partial charge in [0.25, 0.3) is 0 Å². The Bertz CT molecular complexity index is 816. The molecule has 1 heterocycles. The molecule has 0 spiro atoms. The van der Waals surface area contributed by atoms with Crippen LogP contribution in [0, 0.1) is 18.3 Å². The molecule has 2 aromatic rings. The lowest BCUT2D eigenvalue weighted by molar-refractivity contribution is -0.115. The van der Waals surface area contributed by atoms with Crippen LogP contribution in [0.3, 0.4) is 0 Å². The lowest BCUT2D eigenvalue weighted by atomic mass is 10.1. The molecule has 0 fully saturated rings. The van der Waals surface area contributed by atoms with Crippen molar-refractivity contribution in [2.75, 3.05) is 11.9 Å². The number of nitrogens with zero attached hydrogens (tertiary/aromatic N) is 1. The molecule has 1 N–H and O–H groups in total. The molecule has 1 aromatic carbocycles. The topological polar surface area (TPSA) is 79.2 Å². The summed E-state index contributed by atoms with van der Waals surface area (Å²) in [5.41, 5.74) is 2.95. The average Bonchev–Trinajstić information content (AvgIpc) is 2.91. The predicted octanol–water partition coefficient (Wildman–Crippen LogP) is 3.85. The highest BCUT2D eigenvalue weighted by Gasteiger charge is 2.22. The summed E-state index contributed by atoms with van der Waals surface area (Å²) in [4.78, 5) is 24.6. The first kappa shape index (κ1) is 18.7. The van der Waals surface area contributed by atoms with Gasteiger partial charge in [0.2, 0.25) is 5.91 Å². The van der Waals surface area contributed by atoms with Crippen molar-refractivity contribution in [2.45, 2.75) is 33.6 Å². The lowest BCUT2D eigenvalue weighted by Gasteiger charge is -2.04. The van der Waals surface area contributed by atoms with Gasteiger partial charge in [0.1, 0.15) is 15.9 Å². The standard InChI is InChI=1S/C19H20N2O3S/c1-4-13-6-8-14(9-7-13)10-16(22)21-18-15(11-20)12(3)17(25-18)19(23)24-5-2/h6-9H,4-5,10H2,1-3H3,(H,21,22). The molecule has 1 amide bonds. The van der Waals surface area contributed by atoms with Crippen LogP contribution in [-0.4, -0.2) is 18.5 Å². The Morgan fingerprint density at radius 1 is 1.20 bits per heavy atom. The highest BCUT2D eigenvalue weighted by Crippen LogP contribution is 2.33. The van der Waals surface area contributed by atoms with Crippen LogP contribution < -0.4 is 5.32 Å². The van der Waals surface area contributed by atoms with Crippen LogP contribution in [0.25, 0.3) is 0 Å². The number of hydrogen-bond donors (Lipinski definition) is 1. The fraction of sp³-hybridized carbons (Fsp3) is 0.316. The van der Waals surface area contributed by atoms with Crippen LogP contribution in [-0.2, 0) is 22.4 Å². The molecule has 0 bridgehead atoms. The largest absolute Gasteiger partial charge is 0.462 e. The number of esters is 1. The SMILES string of the molecule is CCOC(=O)c1sc(NC(=O)Cc2ccc(CC)cc2)c(C#N)c1C. The number of nitrogens with one attached hydrogen (secondary N) is 1. The van der Waals surface area contributed by atoms with Gasteiger partial charge < -0.3 is 10.1 Å². The number of carbonyl (C=O) groups is 2. The molecule has 0 saturated carbocycles. The van der Waals surface area contributed by atoms with Crippen LogP contribution in [0.2, 0.25) is 0 Å². The number of hydrogen-bond acceptors (Lipinski definition) is 5. The molecule has 0 saturated heterocycles. The number of aryl methyl sites for hydroxylation is 1. The average molecular weight is 356 g/mol. The van der Waals surface area contributed by atoms with Crippen molar-refractivity contribution in [3.8, 4) is 6.07 Å². The first-order valence-corrected chi connectivity index (χ1v) is 8.90. The molecule has 5 nitrogen and oxygen atoms in total. The Hall–Kier alpha value is -2.65. The van der Waals surface area contributed by atoms with E-state index in [0.717, 1.165) is 23.3 Å². The highest BCUT2D eigenvalue weighted by molar-refractivity contribution is 7.18. The van der Waals surface area contributed by atoms with Gasteiger partial charge in [0.15, 0.2) is 0 Å². The van der Waals surface area contributed by atoms with E-state index < -0.39 is 5.97 Å². The van der Waals surface area contributed by atoms with E-state index in [9.17, 15) is 14.9 Å². The zero-order chi connectivity index (χ0) is 18.4. The van der Waals surface area contributed by atoms with E-state index >= 15 is 0 Å². The van der Waals surface area contributed by atoms with Gasteiger partial charge >= 0.3 is 5.97 Å². The molecule has 0 aliphatic heterocycles. The van der Waals surface area contributed by atoms with Gasteiger partial charge in [-0.05, 0) is 37.0 Å². The summed E-state index contributed by atoms with van der Waals surface area (Å²) < 4.78 is 4.99. The Morgan fingerprint density at radius 3 is 2.40 bits per heavy atom. The number of carbonyl (C=O) groups excluding carboxylic acids is 2.